The SMILES string of the molecule is CCCCC(C)(CC)OC(=O)C1CC2CC1C1C3C=CC(C3)C21. The zero-order valence-corrected chi connectivity index (χ0v) is 15.0. The summed E-state index contributed by atoms with van der Waals surface area (Å²) in [5.41, 5.74) is -0.247. The first kappa shape index (κ1) is 15.7. The van der Waals surface area contributed by atoms with Crippen molar-refractivity contribution in [3.63, 3.8) is 0 Å². The van der Waals surface area contributed by atoms with Gasteiger partial charge in [0.2, 0.25) is 0 Å². The summed E-state index contributed by atoms with van der Waals surface area (Å²) in [7, 11) is 0. The fraction of sp³-hybridized carbons (Fsp3) is 0.857. The number of ether oxygens (including phenoxy) is 1. The molecule has 0 N–H and O–H groups in total. The molecule has 0 amide bonds. The Labute approximate surface area is 141 Å². The van der Waals surface area contributed by atoms with Crippen LogP contribution in [0.5, 0.6) is 0 Å². The number of allylic oxidation sites excluding steroid dienone is 2. The second kappa shape index (κ2) is 5.63. The normalized spacial score (nSPS) is 45.3. The molecular formula is C21H32O2. The van der Waals surface area contributed by atoms with Crippen LogP contribution in [0, 0.1) is 41.4 Å². The molecule has 2 nitrogen and oxygen atoms in total. The number of carbonyl (C=O) groups is 1. The molecule has 3 saturated carbocycles. The van der Waals surface area contributed by atoms with Gasteiger partial charge in [-0.3, -0.25) is 4.79 Å². The minimum atomic E-state index is -0.247. The molecule has 128 valence electrons. The van der Waals surface area contributed by atoms with Gasteiger partial charge in [-0.15, -0.1) is 0 Å². The standard InChI is InChI=1S/C21H32O2/c1-4-6-9-21(3,5-2)23-20(22)17-12-15-11-16(17)19-14-8-7-13(10-14)18(15)19/h7-8,13-19H,4-6,9-12H2,1-3H3. The van der Waals surface area contributed by atoms with E-state index in [1.807, 2.05) is 0 Å². The van der Waals surface area contributed by atoms with Gasteiger partial charge in [0.25, 0.3) is 0 Å². The summed E-state index contributed by atoms with van der Waals surface area (Å²) in [5, 5.41) is 0. The van der Waals surface area contributed by atoms with Gasteiger partial charge in [0.1, 0.15) is 5.60 Å². The zero-order valence-electron chi connectivity index (χ0n) is 15.0. The van der Waals surface area contributed by atoms with Crippen molar-refractivity contribution in [3.05, 3.63) is 12.2 Å². The topological polar surface area (TPSA) is 26.3 Å². The monoisotopic (exact) mass is 316 g/mol. The maximum absolute atomic E-state index is 12.9. The van der Waals surface area contributed by atoms with Crippen LogP contribution < -0.4 is 0 Å². The average molecular weight is 316 g/mol. The van der Waals surface area contributed by atoms with Crippen LogP contribution in [0.4, 0.5) is 0 Å². The van der Waals surface area contributed by atoms with Crippen LogP contribution in [0.2, 0.25) is 0 Å². The number of unbranched alkanes of at least 4 members (excludes halogenated alkanes) is 1. The van der Waals surface area contributed by atoms with Gasteiger partial charge in [-0.1, -0.05) is 32.4 Å². The first-order valence-corrected chi connectivity index (χ1v) is 9.97. The summed E-state index contributed by atoms with van der Waals surface area (Å²) in [4.78, 5) is 12.9. The van der Waals surface area contributed by atoms with Crippen molar-refractivity contribution in [2.45, 2.75) is 71.3 Å². The lowest BCUT2D eigenvalue weighted by atomic mass is 9.69. The molecule has 23 heavy (non-hydrogen) atoms. The Morgan fingerprint density at radius 2 is 1.87 bits per heavy atom. The van der Waals surface area contributed by atoms with Crippen molar-refractivity contribution >= 4 is 5.97 Å². The number of rotatable bonds is 6. The molecule has 0 aromatic heterocycles. The second-order valence-electron chi connectivity index (χ2n) is 8.93. The molecule has 0 heterocycles. The van der Waals surface area contributed by atoms with Crippen LogP contribution in [0.25, 0.3) is 0 Å². The van der Waals surface area contributed by atoms with E-state index in [9.17, 15) is 4.79 Å². The van der Waals surface area contributed by atoms with E-state index in [0.717, 1.165) is 55.3 Å². The molecule has 8 atom stereocenters. The molecule has 4 rings (SSSR count). The molecular weight excluding hydrogens is 284 g/mol. The lowest BCUT2D eigenvalue weighted by Crippen LogP contribution is -2.39. The van der Waals surface area contributed by atoms with Gasteiger partial charge in [0.15, 0.2) is 0 Å². The van der Waals surface area contributed by atoms with Gasteiger partial charge < -0.3 is 4.74 Å². The minimum absolute atomic E-state index is 0.128. The van der Waals surface area contributed by atoms with E-state index in [1.165, 1.54) is 19.3 Å². The van der Waals surface area contributed by atoms with Crippen LogP contribution in [0.3, 0.4) is 0 Å². The summed E-state index contributed by atoms with van der Waals surface area (Å²) in [5.74, 6) is 5.04. The van der Waals surface area contributed by atoms with Crippen molar-refractivity contribution < 1.29 is 9.53 Å². The van der Waals surface area contributed by atoms with Crippen LogP contribution in [-0.2, 0) is 9.53 Å². The van der Waals surface area contributed by atoms with E-state index < -0.39 is 0 Å². The third-order valence-electron chi connectivity index (χ3n) is 7.73. The minimum Gasteiger partial charge on any atom is -0.459 e. The smallest absolute Gasteiger partial charge is 0.309 e. The van der Waals surface area contributed by atoms with Crippen LogP contribution in [0.1, 0.15) is 65.7 Å². The third-order valence-corrected chi connectivity index (χ3v) is 7.73. The molecule has 0 radical (unpaired) electrons. The predicted octanol–water partition coefficient (Wildman–Crippen LogP) is 4.98. The maximum Gasteiger partial charge on any atom is 0.309 e. The number of hydrogen-bond donors (Lipinski definition) is 0. The molecule has 0 aliphatic heterocycles. The Bertz CT molecular complexity index is 510. The number of fused-ring (bicyclic) bond motifs is 9. The molecule has 0 aromatic carbocycles. The van der Waals surface area contributed by atoms with Crippen molar-refractivity contribution in [2.24, 2.45) is 41.4 Å². The molecule has 4 aliphatic carbocycles. The predicted molar refractivity (Wildman–Crippen MR) is 91.7 cm³/mol. The molecule has 8 unspecified atom stereocenters. The second-order valence-corrected chi connectivity index (χ2v) is 8.93. The van der Waals surface area contributed by atoms with Crippen molar-refractivity contribution in [1.29, 1.82) is 0 Å². The van der Waals surface area contributed by atoms with E-state index in [4.69, 9.17) is 4.74 Å². The Balaban J connectivity index is 1.44. The molecule has 3 fully saturated rings. The maximum atomic E-state index is 12.9. The Morgan fingerprint density at radius 3 is 2.57 bits per heavy atom. The lowest BCUT2D eigenvalue weighted by molar-refractivity contribution is -0.167. The summed E-state index contributed by atoms with van der Waals surface area (Å²) < 4.78 is 6.10. The molecule has 4 bridgehead atoms. The number of esters is 1. The van der Waals surface area contributed by atoms with Crippen LogP contribution in [-0.4, -0.2) is 11.6 Å². The van der Waals surface area contributed by atoms with Crippen molar-refractivity contribution in [1.82, 2.24) is 0 Å². The van der Waals surface area contributed by atoms with Gasteiger partial charge in [-0.25, -0.2) is 0 Å². The third kappa shape index (κ3) is 2.39. The van der Waals surface area contributed by atoms with E-state index in [0.29, 0.717) is 5.92 Å². The summed E-state index contributed by atoms with van der Waals surface area (Å²) >= 11 is 0. The highest BCUT2D eigenvalue weighted by molar-refractivity contribution is 5.74. The van der Waals surface area contributed by atoms with E-state index >= 15 is 0 Å². The average Bonchev–Trinajstić information content (AvgIpc) is 3.30. The Morgan fingerprint density at radius 1 is 1.13 bits per heavy atom. The Kier molecular flexibility index (Phi) is 3.85. The quantitative estimate of drug-likeness (QED) is 0.392. The first-order valence-electron chi connectivity index (χ1n) is 9.97. The van der Waals surface area contributed by atoms with Crippen LogP contribution in [0.15, 0.2) is 12.2 Å². The highest BCUT2D eigenvalue weighted by Gasteiger charge is 2.62. The first-order chi connectivity index (χ1) is 11.1. The molecule has 0 aromatic rings. The molecule has 2 heteroatoms. The number of hydrogen-bond acceptors (Lipinski definition) is 2. The van der Waals surface area contributed by atoms with E-state index in [-0.39, 0.29) is 17.5 Å². The lowest BCUT2D eigenvalue weighted by Gasteiger charge is -2.37. The van der Waals surface area contributed by atoms with Crippen molar-refractivity contribution in [3.8, 4) is 0 Å². The fourth-order valence-corrected chi connectivity index (χ4v) is 6.46. The Hall–Kier alpha value is -0.790. The molecule has 4 aliphatic rings. The summed E-state index contributed by atoms with van der Waals surface area (Å²) in [6.07, 6.45) is 12.9. The van der Waals surface area contributed by atoms with Gasteiger partial charge in [0, 0.05) is 0 Å². The highest BCUT2D eigenvalue weighted by atomic mass is 16.6. The molecule has 0 saturated heterocycles. The molecule has 0 spiro atoms. The summed E-state index contributed by atoms with van der Waals surface area (Å²) in [6, 6.07) is 0. The fourth-order valence-electron chi connectivity index (χ4n) is 6.46. The van der Waals surface area contributed by atoms with E-state index in [1.54, 1.807) is 0 Å². The zero-order chi connectivity index (χ0) is 16.2. The van der Waals surface area contributed by atoms with Gasteiger partial charge >= 0.3 is 5.97 Å². The van der Waals surface area contributed by atoms with E-state index in [2.05, 4.69) is 32.9 Å². The van der Waals surface area contributed by atoms with Crippen LogP contribution >= 0.6 is 0 Å². The highest BCUT2D eigenvalue weighted by Crippen LogP contribution is 2.67. The van der Waals surface area contributed by atoms with Gasteiger partial charge in [-0.2, -0.15) is 0 Å². The van der Waals surface area contributed by atoms with Gasteiger partial charge in [-0.05, 0) is 81.0 Å². The van der Waals surface area contributed by atoms with Gasteiger partial charge in [0.05, 0.1) is 5.92 Å². The van der Waals surface area contributed by atoms with Crippen molar-refractivity contribution in [2.75, 3.05) is 0 Å². The number of carbonyl (C=O) groups excluding carboxylic acids is 1. The summed E-state index contributed by atoms with van der Waals surface area (Å²) in [6.45, 7) is 6.49. The largest absolute Gasteiger partial charge is 0.459 e.